The molecule has 2 aliphatic rings. The van der Waals surface area contributed by atoms with E-state index in [9.17, 15) is 5.11 Å². The summed E-state index contributed by atoms with van der Waals surface area (Å²) in [5.74, 6) is 1.54. The Morgan fingerprint density at radius 2 is 1.82 bits per heavy atom. The molecule has 0 aromatic heterocycles. The Kier molecular flexibility index (Phi) is 3.17. The van der Waals surface area contributed by atoms with Crippen molar-refractivity contribution in [3.8, 4) is 0 Å². The van der Waals surface area contributed by atoms with Crippen molar-refractivity contribution in [2.75, 3.05) is 13.2 Å². The van der Waals surface area contributed by atoms with Gasteiger partial charge in [-0.15, -0.1) is 0 Å². The fraction of sp³-hybridized carbons (Fsp3) is 0.600. The van der Waals surface area contributed by atoms with E-state index in [2.05, 4.69) is 30.3 Å². The van der Waals surface area contributed by atoms with E-state index in [1.807, 2.05) is 0 Å². The molecule has 1 N–H and O–H groups in total. The molecule has 3 unspecified atom stereocenters. The van der Waals surface area contributed by atoms with Crippen LogP contribution in [0.5, 0.6) is 0 Å². The van der Waals surface area contributed by atoms with Crippen LogP contribution in [0.2, 0.25) is 0 Å². The molecular weight excluding hydrogens is 212 g/mol. The summed E-state index contributed by atoms with van der Waals surface area (Å²) in [5, 5.41) is 10.4. The van der Waals surface area contributed by atoms with Crippen LogP contribution in [0.25, 0.3) is 0 Å². The van der Waals surface area contributed by atoms with Crippen molar-refractivity contribution in [1.29, 1.82) is 0 Å². The van der Waals surface area contributed by atoms with Gasteiger partial charge in [0.05, 0.1) is 6.10 Å². The van der Waals surface area contributed by atoms with Gasteiger partial charge in [-0.2, -0.15) is 0 Å². The Balaban J connectivity index is 1.60. The van der Waals surface area contributed by atoms with Gasteiger partial charge in [-0.1, -0.05) is 30.3 Å². The van der Waals surface area contributed by atoms with Crippen molar-refractivity contribution in [2.45, 2.75) is 31.3 Å². The quantitative estimate of drug-likeness (QED) is 0.868. The average molecular weight is 232 g/mol. The summed E-state index contributed by atoms with van der Waals surface area (Å²) in [6.45, 7) is 1.65. The lowest BCUT2D eigenvalue weighted by Crippen LogP contribution is -2.29. The lowest BCUT2D eigenvalue weighted by Gasteiger charge is -2.27. The van der Waals surface area contributed by atoms with Gasteiger partial charge in [-0.05, 0) is 42.6 Å². The molecule has 2 fully saturated rings. The number of aliphatic hydroxyl groups is 1. The number of benzene rings is 1. The van der Waals surface area contributed by atoms with Crippen LogP contribution in [0, 0.1) is 11.8 Å². The Morgan fingerprint density at radius 3 is 2.53 bits per heavy atom. The minimum Gasteiger partial charge on any atom is -0.393 e. The highest BCUT2D eigenvalue weighted by molar-refractivity contribution is 5.26. The molecule has 1 aliphatic heterocycles. The average Bonchev–Trinajstić information content (AvgIpc) is 3.20. The normalized spacial score (nSPS) is 31.1. The Labute approximate surface area is 103 Å². The third kappa shape index (κ3) is 2.38. The van der Waals surface area contributed by atoms with E-state index in [-0.39, 0.29) is 6.10 Å². The molecule has 17 heavy (non-hydrogen) atoms. The van der Waals surface area contributed by atoms with E-state index >= 15 is 0 Å². The SMILES string of the molecule is OC(C1CCOCC1)C1CC1c1ccccc1. The highest BCUT2D eigenvalue weighted by atomic mass is 16.5. The standard InChI is InChI=1S/C15H20O2/c16-15(12-6-8-17-9-7-12)14-10-13(14)11-4-2-1-3-5-11/h1-5,12-16H,6-10H2. The van der Waals surface area contributed by atoms with E-state index in [0.29, 0.717) is 17.8 Å². The molecule has 1 saturated carbocycles. The zero-order chi connectivity index (χ0) is 11.7. The third-order valence-electron chi connectivity index (χ3n) is 4.26. The molecule has 1 aliphatic carbocycles. The summed E-state index contributed by atoms with van der Waals surface area (Å²) >= 11 is 0. The van der Waals surface area contributed by atoms with Crippen LogP contribution >= 0.6 is 0 Å². The van der Waals surface area contributed by atoms with Crippen LogP contribution in [-0.4, -0.2) is 24.4 Å². The third-order valence-corrected chi connectivity index (χ3v) is 4.26. The second-order valence-electron chi connectivity index (χ2n) is 5.36. The predicted octanol–water partition coefficient (Wildman–Crippen LogP) is 2.58. The lowest BCUT2D eigenvalue weighted by atomic mass is 9.90. The first-order valence-electron chi connectivity index (χ1n) is 6.67. The van der Waals surface area contributed by atoms with Gasteiger partial charge in [-0.25, -0.2) is 0 Å². The van der Waals surface area contributed by atoms with Crippen molar-refractivity contribution in [3.63, 3.8) is 0 Å². The molecule has 3 rings (SSSR count). The van der Waals surface area contributed by atoms with E-state index in [4.69, 9.17) is 4.74 Å². The summed E-state index contributed by atoms with van der Waals surface area (Å²) in [7, 11) is 0. The van der Waals surface area contributed by atoms with Crippen molar-refractivity contribution in [1.82, 2.24) is 0 Å². The maximum atomic E-state index is 10.4. The first-order chi connectivity index (χ1) is 8.36. The lowest BCUT2D eigenvalue weighted by molar-refractivity contribution is -0.00142. The molecule has 1 aromatic rings. The molecule has 0 spiro atoms. The monoisotopic (exact) mass is 232 g/mol. The highest BCUT2D eigenvalue weighted by Gasteiger charge is 2.45. The first-order valence-corrected chi connectivity index (χ1v) is 6.67. The molecule has 92 valence electrons. The van der Waals surface area contributed by atoms with Crippen LogP contribution in [0.1, 0.15) is 30.7 Å². The molecule has 0 bridgehead atoms. The van der Waals surface area contributed by atoms with Crippen molar-refractivity contribution < 1.29 is 9.84 Å². The summed E-state index contributed by atoms with van der Waals surface area (Å²) < 4.78 is 5.35. The van der Waals surface area contributed by atoms with Gasteiger partial charge in [-0.3, -0.25) is 0 Å². The highest BCUT2D eigenvalue weighted by Crippen LogP contribution is 2.51. The summed E-state index contributed by atoms with van der Waals surface area (Å²) in [6.07, 6.45) is 3.09. The van der Waals surface area contributed by atoms with Gasteiger partial charge < -0.3 is 9.84 Å². The van der Waals surface area contributed by atoms with E-state index in [1.165, 1.54) is 5.56 Å². The molecule has 2 nitrogen and oxygen atoms in total. The zero-order valence-electron chi connectivity index (χ0n) is 10.1. The van der Waals surface area contributed by atoms with Crippen LogP contribution < -0.4 is 0 Å². The van der Waals surface area contributed by atoms with Gasteiger partial charge in [0.15, 0.2) is 0 Å². The summed E-state index contributed by atoms with van der Waals surface area (Å²) in [5.41, 5.74) is 1.39. The number of hydrogen-bond acceptors (Lipinski definition) is 2. The topological polar surface area (TPSA) is 29.5 Å². The van der Waals surface area contributed by atoms with Crippen molar-refractivity contribution in [2.24, 2.45) is 11.8 Å². The summed E-state index contributed by atoms with van der Waals surface area (Å²) in [4.78, 5) is 0. The van der Waals surface area contributed by atoms with Crippen LogP contribution in [0.15, 0.2) is 30.3 Å². The van der Waals surface area contributed by atoms with Gasteiger partial charge >= 0.3 is 0 Å². The van der Waals surface area contributed by atoms with Crippen molar-refractivity contribution in [3.05, 3.63) is 35.9 Å². The smallest absolute Gasteiger partial charge is 0.0604 e. The predicted molar refractivity (Wildman–Crippen MR) is 66.8 cm³/mol. The maximum Gasteiger partial charge on any atom is 0.0604 e. The van der Waals surface area contributed by atoms with Gasteiger partial charge in [0.25, 0.3) is 0 Å². The Morgan fingerprint density at radius 1 is 1.12 bits per heavy atom. The number of aliphatic hydroxyl groups excluding tert-OH is 1. The molecule has 1 heterocycles. The molecular formula is C15H20O2. The first kappa shape index (κ1) is 11.2. The largest absolute Gasteiger partial charge is 0.393 e. The summed E-state index contributed by atoms with van der Waals surface area (Å²) in [6, 6.07) is 10.6. The van der Waals surface area contributed by atoms with Gasteiger partial charge in [0.2, 0.25) is 0 Å². The second kappa shape index (κ2) is 4.79. The number of hydrogen-bond donors (Lipinski definition) is 1. The molecule has 1 saturated heterocycles. The van der Waals surface area contributed by atoms with Gasteiger partial charge in [0, 0.05) is 13.2 Å². The maximum absolute atomic E-state index is 10.4. The molecule has 3 atom stereocenters. The van der Waals surface area contributed by atoms with Gasteiger partial charge in [0.1, 0.15) is 0 Å². The number of rotatable bonds is 3. The van der Waals surface area contributed by atoms with E-state index in [0.717, 1.165) is 32.5 Å². The van der Waals surface area contributed by atoms with Crippen molar-refractivity contribution >= 4 is 0 Å². The molecule has 1 aromatic carbocycles. The Bertz CT molecular complexity index is 356. The number of ether oxygens (including phenoxy) is 1. The van der Waals surface area contributed by atoms with Crippen LogP contribution in [0.3, 0.4) is 0 Å². The fourth-order valence-electron chi connectivity index (χ4n) is 3.08. The zero-order valence-corrected chi connectivity index (χ0v) is 10.1. The second-order valence-corrected chi connectivity index (χ2v) is 5.36. The molecule has 0 radical (unpaired) electrons. The molecule has 0 amide bonds. The minimum atomic E-state index is -0.121. The van der Waals surface area contributed by atoms with E-state index < -0.39 is 0 Å². The minimum absolute atomic E-state index is 0.121. The molecule has 2 heteroatoms. The Hall–Kier alpha value is -0.860. The fourth-order valence-corrected chi connectivity index (χ4v) is 3.08. The van der Waals surface area contributed by atoms with E-state index in [1.54, 1.807) is 0 Å². The van der Waals surface area contributed by atoms with Crippen LogP contribution in [0.4, 0.5) is 0 Å². The van der Waals surface area contributed by atoms with Crippen LogP contribution in [-0.2, 0) is 4.74 Å².